The maximum Gasteiger partial charge on any atom is 0.409 e. The fourth-order valence-corrected chi connectivity index (χ4v) is 5.66. The highest BCUT2D eigenvalue weighted by atomic mass is 19.1. The molecule has 0 radical (unpaired) electrons. The lowest BCUT2D eigenvalue weighted by atomic mass is 9.78. The fourth-order valence-electron chi connectivity index (χ4n) is 5.66. The summed E-state index contributed by atoms with van der Waals surface area (Å²) in [6, 6.07) is 4.26. The van der Waals surface area contributed by atoms with Gasteiger partial charge in [-0.25, -0.2) is 24.1 Å². The Balaban J connectivity index is 1.21. The molecule has 1 amide bonds. The van der Waals surface area contributed by atoms with Crippen LogP contribution in [0.5, 0.6) is 0 Å². The number of hydrogen-bond acceptors (Lipinski definition) is 7. The van der Waals surface area contributed by atoms with E-state index in [0.29, 0.717) is 29.6 Å². The van der Waals surface area contributed by atoms with Gasteiger partial charge < -0.3 is 14.5 Å². The molecule has 1 unspecified atom stereocenters. The molecule has 0 N–H and O–H groups in total. The first-order valence-electron chi connectivity index (χ1n) is 11.8. The van der Waals surface area contributed by atoms with Crippen LogP contribution in [0.3, 0.4) is 0 Å². The number of hydrogen-bond donors (Lipinski definition) is 0. The van der Waals surface area contributed by atoms with Gasteiger partial charge in [-0.15, -0.1) is 0 Å². The molecule has 8 nitrogen and oxygen atoms in total. The quantitative estimate of drug-likeness (QED) is 0.703. The number of nitrogens with zero attached hydrogens (tertiary/aromatic N) is 6. The zero-order valence-corrected chi connectivity index (χ0v) is 19.3. The predicted molar refractivity (Wildman–Crippen MR) is 122 cm³/mol. The Morgan fingerprint density at radius 3 is 2.76 bits per heavy atom. The van der Waals surface area contributed by atoms with Crippen LogP contribution in [0.4, 0.5) is 15.0 Å². The van der Waals surface area contributed by atoms with E-state index >= 15 is 0 Å². The molecule has 5 rings (SSSR count). The smallest absolute Gasteiger partial charge is 0.409 e. The second kappa shape index (κ2) is 8.85. The van der Waals surface area contributed by atoms with Crippen molar-refractivity contribution in [1.29, 1.82) is 0 Å². The number of anilines is 1. The van der Waals surface area contributed by atoms with Gasteiger partial charge in [0.05, 0.1) is 12.3 Å². The molecule has 2 saturated heterocycles. The molecule has 4 heterocycles. The highest BCUT2D eigenvalue weighted by Crippen LogP contribution is 2.47. The van der Waals surface area contributed by atoms with Gasteiger partial charge in [-0.1, -0.05) is 0 Å². The normalized spacial score (nSPS) is 22.5. The van der Waals surface area contributed by atoms with Crippen molar-refractivity contribution in [2.24, 2.45) is 5.41 Å². The summed E-state index contributed by atoms with van der Waals surface area (Å²) >= 11 is 0. The molecule has 0 aromatic carbocycles. The van der Waals surface area contributed by atoms with Crippen LogP contribution in [0.2, 0.25) is 0 Å². The van der Waals surface area contributed by atoms with Crippen molar-refractivity contribution in [1.82, 2.24) is 24.8 Å². The average molecular weight is 455 g/mol. The van der Waals surface area contributed by atoms with Crippen LogP contribution in [0.15, 0.2) is 24.7 Å². The second-order valence-corrected chi connectivity index (χ2v) is 9.47. The van der Waals surface area contributed by atoms with Gasteiger partial charge in [-0.3, -0.25) is 4.90 Å². The van der Waals surface area contributed by atoms with Gasteiger partial charge in [0.25, 0.3) is 0 Å². The number of aromatic nitrogens is 3. The van der Waals surface area contributed by atoms with Gasteiger partial charge in [0.15, 0.2) is 5.82 Å². The number of halogens is 1. The Morgan fingerprint density at radius 1 is 1.21 bits per heavy atom. The third kappa shape index (κ3) is 4.14. The second-order valence-electron chi connectivity index (χ2n) is 9.47. The number of aryl methyl sites for hydroxylation is 1. The predicted octanol–water partition coefficient (Wildman–Crippen LogP) is 3.12. The molecule has 176 valence electrons. The minimum absolute atomic E-state index is 0.179. The van der Waals surface area contributed by atoms with E-state index in [0.717, 1.165) is 51.5 Å². The fraction of sp³-hybridized carbons (Fsp3) is 0.583. The molecule has 1 saturated carbocycles. The van der Waals surface area contributed by atoms with Crippen LogP contribution < -0.4 is 4.90 Å². The van der Waals surface area contributed by atoms with Crippen LogP contribution in [-0.2, 0) is 4.74 Å². The summed E-state index contributed by atoms with van der Waals surface area (Å²) in [5, 5.41) is 0. The monoisotopic (exact) mass is 454 g/mol. The zero-order chi connectivity index (χ0) is 23.0. The van der Waals surface area contributed by atoms with E-state index < -0.39 is 0 Å². The third-order valence-corrected chi connectivity index (χ3v) is 7.39. The molecule has 1 aliphatic carbocycles. The first-order valence-corrected chi connectivity index (χ1v) is 11.8. The van der Waals surface area contributed by atoms with Crippen molar-refractivity contribution in [3.63, 3.8) is 0 Å². The Kier molecular flexibility index (Phi) is 5.90. The van der Waals surface area contributed by atoms with Gasteiger partial charge in [0.2, 0.25) is 0 Å². The van der Waals surface area contributed by atoms with Crippen LogP contribution in [-0.4, -0.2) is 82.8 Å². The van der Waals surface area contributed by atoms with Crippen molar-refractivity contribution >= 4 is 11.9 Å². The van der Waals surface area contributed by atoms with Crippen LogP contribution in [0, 0.1) is 18.2 Å². The van der Waals surface area contributed by atoms with Gasteiger partial charge in [-0.05, 0) is 45.2 Å². The molecule has 0 bridgehead atoms. The van der Waals surface area contributed by atoms with Crippen molar-refractivity contribution < 1.29 is 13.9 Å². The Morgan fingerprint density at radius 2 is 2.00 bits per heavy atom. The summed E-state index contributed by atoms with van der Waals surface area (Å²) in [6.07, 6.45) is 6.47. The van der Waals surface area contributed by atoms with Crippen LogP contribution in [0.1, 0.15) is 31.9 Å². The first-order chi connectivity index (χ1) is 16.0. The minimum atomic E-state index is -0.390. The molecule has 9 heteroatoms. The average Bonchev–Trinajstić information content (AvgIpc) is 3.26. The Hall–Kier alpha value is -2.81. The molecular formula is C24H31FN6O2. The van der Waals surface area contributed by atoms with E-state index in [1.807, 2.05) is 24.0 Å². The summed E-state index contributed by atoms with van der Waals surface area (Å²) in [5.41, 5.74) is 1.63. The van der Waals surface area contributed by atoms with E-state index in [9.17, 15) is 9.18 Å². The standard InChI is InChI=1S/C24H31FN6O2/c1-3-33-23(32)31-14-24(15-31)7-6-18(13-24)29-9-11-30(12-10-29)22-19(5-4-8-26-22)21-20(25)17(2)27-16-28-21/h4-5,8,16,18H,3,6-7,9-15H2,1-2H3. The van der Waals surface area contributed by atoms with E-state index in [1.54, 1.807) is 13.1 Å². The molecule has 3 fully saturated rings. The lowest BCUT2D eigenvalue weighted by Crippen LogP contribution is -2.58. The number of amides is 1. The van der Waals surface area contributed by atoms with Gasteiger partial charge >= 0.3 is 6.09 Å². The number of ether oxygens (including phenoxy) is 1. The molecule has 1 atom stereocenters. The van der Waals surface area contributed by atoms with E-state index in [1.165, 1.54) is 19.2 Å². The molecule has 2 aromatic heterocycles. The molecule has 2 aliphatic heterocycles. The number of carbonyl (C=O) groups excluding carboxylic acids is 1. The Bertz CT molecular complexity index is 1020. The van der Waals surface area contributed by atoms with Gasteiger partial charge in [0, 0.05) is 62.5 Å². The SMILES string of the molecule is CCOC(=O)N1CC2(CCC(N3CCN(c4ncccc4-c4ncnc(C)c4F)CC3)C2)C1. The van der Waals surface area contributed by atoms with E-state index in [4.69, 9.17) is 4.74 Å². The Labute approximate surface area is 193 Å². The maximum absolute atomic E-state index is 14.7. The van der Waals surface area contributed by atoms with E-state index in [2.05, 4.69) is 24.8 Å². The number of likely N-dealkylation sites (tertiary alicyclic amines) is 1. The summed E-state index contributed by atoms with van der Waals surface area (Å²) in [6.45, 7) is 9.15. The van der Waals surface area contributed by atoms with Crippen LogP contribution in [0.25, 0.3) is 11.3 Å². The van der Waals surface area contributed by atoms with Crippen molar-refractivity contribution in [2.45, 2.75) is 39.2 Å². The summed E-state index contributed by atoms with van der Waals surface area (Å²) in [7, 11) is 0. The minimum Gasteiger partial charge on any atom is -0.450 e. The summed E-state index contributed by atoms with van der Waals surface area (Å²) in [5.74, 6) is 0.389. The first kappa shape index (κ1) is 22.0. The van der Waals surface area contributed by atoms with Crippen LogP contribution >= 0.6 is 0 Å². The molecule has 33 heavy (non-hydrogen) atoms. The van der Waals surface area contributed by atoms with Gasteiger partial charge in [-0.2, -0.15) is 0 Å². The molecule has 1 spiro atoms. The van der Waals surface area contributed by atoms with Gasteiger partial charge in [0.1, 0.15) is 17.8 Å². The highest BCUT2D eigenvalue weighted by Gasteiger charge is 2.51. The summed E-state index contributed by atoms with van der Waals surface area (Å²) in [4.78, 5) is 31.3. The highest BCUT2D eigenvalue weighted by molar-refractivity contribution is 5.73. The number of piperazine rings is 1. The number of rotatable bonds is 4. The van der Waals surface area contributed by atoms with Crippen molar-refractivity contribution in [3.05, 3.63) is 36.2 Å². The topological polar surface area (TPSA) is 74.7 Å². The lowest BCUT2D eigenvalue weighted by molar-refractivity contribution is -0.00294. The molecule has 2 aromatic rings. The largest absolute Gasteiger partial charge is 0.450 e. The zero-order valence-electron chi connectivity index (χ0n) is 19.3. The lowest BCUT2D eigenvalue weighted by Gasteiger charge is -2.48. The number of carbonyl (C=O) groups is 1. The van der Waals surface area contributed by atoms with E-state index in [-0.39, 0.29) is 17.3 Å². The number of pyridine rings is 1. The maximum atomic E-state index is 14.7. The molecular weight excluding hydrogens is 423 g/mol. The summed E-state index contributed by atoms with van der Waals surface area (Å²) < 4.78 is 19.9. The third-order valence-electron chi connectivity index (χ3n) is 7.39. The van der Waals surface area contributed by atoms with Crippen molar-refractivity contribution in [2.75, 3.05) is 50.8 Å². The van der Waals surface area contributed by atoms with Crippen molar-refractivity contribution in [3.8, 4) is 11.3 Å². The molecule has 3 aliphatic rings.